The normalized spacial score (nSPS) is 14.6. The highest BCUT2D eigenvalue weighted by Gasteiger charge is 2.25. The number of thioether (sulfide) groups is 1. The lowest BCUT2D eigenvalue weighted by Gasteiger charge is -2.15. The second-order valence-electron chi connectivity index (χ2n) is 3.85. The van der Waals surface area contributed by atoms with Crippen molar-refractivity contribution in [3.8, 4) is 0 Å². The first kappa shape index (κ1) is 13.8. The van der Waals surface area contributed by atoms with E-state index >= 15 is 0 Å². The second-order valence-corrected chi connectivity index (χ2v) is 5.46. The van der Waals surface area contributed by atoms with Crippen LogP contribution in [0.4, 0.5) is 10.5 Å². The van der Waals surface area contributed by atoms with E-state index in [0.29, 0.717) is 23.2 Å². The minimum atomic E-state index is -0.295. The monoisotopic (exact) mass is 295 g/mol. The summed E-state index contributed by atoms with van der Waals surface area (Å²) in [6.45, 7) is 0.776. The lowest BCUT2D eigenvalue weighted by molar-refractivity contribution is -0.123. The van der Waals surface area contributed by atoms with Crippen molar-refractivity contribution < 1.29 is 9.59 Å². The Balaban J connectivity index is 1.72. The van der Waals surface area contributed by atoms with Crippen molar-refractivity contribution in [1.29, 1.82) is 0 Å². The fourth-order valence-electron chi connectivity index (χ4n) is 1.58. The molecule has 0 unspecified atom stereocenters. The Morgan fingerprint density at radius 2 is 2.11 bits per heavy atom. The number of nitrogens with zero attached hydrogens (tertiary/aromatic N) is 1. The highest BCUT2D eigenvalue weighted by Crippen LogP contribution is 2.18. The van der Waals surface area contributed by atoms with Gasteiger partial charge in [-0.3, -0.25) is 9.69 Å². The number of benzene rings is 1. The average Bonchev–Trinajstić information content (AvgIpc) is 2.71. The molecule has 1 saturated heterocycles. The maximum atomic E-state index is 11.6. The number of urea groups is 1. The fourth-order valence-corrected chi connectivity index (χ4v) is 2.70. The molecule has 0 radical (unpaired) electrons. The first-order chi connectivity index (χ1) is 9.16. The van der Waals surface area contributed by atoms with Gasteiger partial charge in [0.1, 0.15) is 4.32 Å². The SMILES string of the molecule is O=C(NCCN1C(=O)CSC1=S)Nc1ccccc1. The van der Waals surface area contributed by atoms with Crippen LogP contribution in [-0.4, -0.2) is 40.0 Å². The molecule has 0 spiro atoms. The number of carbonyl (C=O) groups is 2. The van der Waals surface area contributed by atoms with E-state index in [9.17, 15) is 9.59 Å². The molecule has 0 aromatic heterocycles. The predicted octanol–water partition coefficient (Wildman–Crippen LogP) is 1.67. The number of thiocarbonyl (C=S) groups is 1. The standard InChI is InChI=1S/C12H13N3O2S2/c16-10-8-19-12(18)15(10)7-6-13-11(17)14-9-4-2-1-3-5-9/h1-5H,6-8H2,(H2,13,14,17). The van der Waals surface area contributed by atoms with E-state index in [-0.39, 0.29) is 11.9 Å². The maximum absolute atomic E-state index is 11.6. The number of rotatable bonds is 4. The maximum Gasteiger partial charge on any atom is 0.319 e. The Labute approximate surface area is 120 Å². The average molecular weight is 295 g/mol. The number of anilines is 1. The molecule has 0 saturated carbocycles. The summed E-state index contributed by atoms with van der Waals surface area (Å²) in [4.78, 5) is 24.5. The first-order valence-corrected chi connectivity index (χ1v) is 7.13. The molecule has 0 aliphatic carbocycles. The highest BCUT2D eigenvalue weighted by atomic mass is 32.2. The van der Waals surface area contributed by atoms with Crippen LogP contribution in [0.1, 0.15) is 0 Å². The lowest BCUT2D eigenvalue weighted by Crippen LogP contribution is -2.38. The summed E-state index contributed by atoms with van der Waals surface area (Å²) >= 11 is 6.40. The summed E-state index contributed by atoms with van der Waals surface area (Å²) in [5.41, 5.74) is 0.725. The van der Waals surface area contributed by atoms with Gasteiger partial charge in [0.2, 0.25) is 5.91 Å². The van der Waals surface area contributed by atoms with Crippen LogP contribution in [-0.2, 0) is 4.79 Å². The summed E-state index contributed by atoms with van der Waals surface area (Å²) in [5, 5.41) is 5.38. The summed E-state index contributed by atoms with van der Waals surface area (Å²) in [5.74, 6) is 0.398. The summed E-state index contributed by atoms with van der Waals surface area (Å²) in [6, 6.07) is 8.87. The van der Waals surface area contributed by atoms with Crippen LogP contribution in [0.5, 0.6) is 0 Å². The Hall–Kier alpha value is -1.60. The zero-order chi connectivity index (χ0) is 13.7. The molecule has 1 aromatic carbocycles. The van der Waals surface area contributed by atoms with Gasteiger partial charge in [-0.2, -0.15) is 0 Å². The molecule has 2 rings (SSSR count). The zero-order valence-electron chi connectivity index (χ0n) is 10.1. The van der Waals surface area contributed by atoms with Gasteiger partial charge in [0, 0.05) is 18.8 Å². The third-order valence-electron chi connectivity index (χ3n) is 2.49. The number of hydrogen-bond donors (Lipinski definition) is 2. The minimum Gasteiger partial charge on any atom is -0.336 e. The van der Waals surface area contributed by atoms with E-state index < -0.39 is 0 Å². The van der Waals surface area contributed by atoms with E-state index in [1.807, 2.05) is 18.2 Å². The topological polar surface area (TPSA) is 61.4 Å². The number of nitrogens with one attached hydrogen (secondary N) is 2. The minimum absolute atomic E-state index is 0.000248. The highest BCUT2D eigenvalue weighted by molar-refractivity contribution is 8.23. The Bertz CT molecular complexity index is 477. The van der Waals surface area contributed by atoms with Crippen molar-refractivity contribution in [2.24, 2.45) is 0 Å². The number of hydrogen-bond acceptors (Lipinski definition) is 4. The Kier molecular flexibility index (Phi) is 4.75. The van der Waals surface area contributed by atoms with Gasteiger partial charge in [-0.1, -0.05) is 42.2 Å². The van der Waals surface area contributed by atoms with Crippen molar-refractivity contribution >= 4 is 45.9 Å². The largest absolute Gasteiger partial charge is 0.336 e. The molecule has 7 heteroatoms. The van der Waals surface area contributed by atoms with E-state index in [1.54, 1.807) is 12.1 Å². The number of para-hydroxylation sites is 1. The molecular formula is C12H13N3O2S2. The van der Waals surface area contributed by atoms with E-state index in [2.05, 4.69) is 10.6 Å². The molecule has 2 N–H and O–H groups in total. The smallest absolute Gasteiger partial charge is 0.319 e. The molecule has 1 aliphatic heterocycles. The van der Waals surface area contributed by atoms with E-state index in [0.717, 1.165) is 5.69 Å². The van der Waals surface area contributed by atoms with Crippen molar-refractivity contribution in [1.82, 2.24) is 10.2 Å². The van der Waals surface area contributed by atoms with E-state index in [4.69, 9.17) is 12.2 Å². The lowest BCUT2D eigenvalue weighted by atomic mass is 10.3. The van der Waals surface area contributed by atoms with Crippen LogP contribution in [0, 0.1) is 0 Å². The Morgan fingerprint density at radius 1 is 1.37 bits per heavy atom. The van der Waals surface area contributed by atoms with Crippen LogP contribution >= 0.6 is 24.0 Å². The van der Waals surface area contributed by atoms with Gasteiger partial charge in [-0.05, 0) is 12.1 Å². The third-order valence-corrected chi connectivity index (χ3v) is 3.93. The molecule has 5 nitrogen and oxygen atoms in total. The molecule has 1 fully saturated rings. The van der Waals surface area contributed by atoms with Crippen molar-refractivity contribution in [2.75, 3.05) is 24.2 Å². The van der Waals surface area contributed by atoms with Gasteiger partial charge in [0.05, 0.1) is 5.75 Å². The molecule has 19 heavy (non-hydrogen) atoms. The molecule has 1 heterocycles. The molecule has 3 amide bonds. The van der Waals surface area contributed by atoms with Crippen LogP contribution in [0.2, 0.25) is 0 Å². The molecule has 1 aromatic rings. The fraction of sp³-hybridized carbons (Fsp3) is 0.250. The number of amides is 3. The van der Waals surface area contributed by atoms with Gasteiger partial charge in [0.25, 0.3) is 0 Å². The van der Waals surface area contributed by atoms with Gasteiger partial charge in [-0.25, -0.2) is 4.79 Å². The van der Waals surface area contributed by atoms with Crippen LogP contribution < -0.4 is 10.6 Å². The van der Waals surface area contributed by atoms with Crippen LogP contribution in [0.15, 0.2) is 30.3 Å². The molecule has 0 bridgehead atoms. The van der Waals surface area contributed by atoms with Gasteiger partial charge in [-0.15, -0.1) is 0 Å². The van der Waals surface area contributed by atoms with Gasteiger partial charge >= 0.3 is 6.03 Å². The summed E-state index contributed by atoms with van der Waals surface area (Å²) < 4.78 is 0.579. The Morgan fingerprint density at radius 3 is 2.74 bits per heavy atom. The molecule has 100 valence electrons. The number of carbonyl (C=O) groups excluding carboxylic acids is 2. The first-order valence-electron chi connectivity index (χ1n) is 5.74. The van der Waals surface area contributed by atoms with Crippen LogP contribution in [0.25, 0.3) is 0 Å². The van der Waals surface area contributed by atoms with Gasteiger partial charge < -0.3 is 10.6 Å². The molecular weight excluding hydrogens is 282 g/mol. The van der Waals surface area contributed by atoms with Crippen molar-refractivity contribution in [3.63, 3.8) is 0 Å². The second kappa shape index (κ2) is 6.53. The third kappa shape index (κ3) is 3.93. The molecule has 0 atom stereocenters. The summed E-state index contributed by atoms with van der Waals surface area (Å²) in [7, 11) is 0. The molecule has 1 aliphatic rings. The van der Waals surface area contributed by atoms with E-state index in [1.165, 1.54) is 16.7 Å². The predicted molar refractivity (Wildman–Crippen MR) is 80.2 cm³/mol. The van der Waals surface area contributed by atoms with Gasteiger partial charge in [0.15, 0.2) is 0 Å². The van der Waals surface area contributed by atoms with Crippen molar-refractivity contribution in [2.45, 2.75) is 0 Å². The summed E-state index contributed by atoms with van der Waals surface area (Å²) in [6.07, 6.45) is 0. The zero-order valence-corrected chi connectivity index (χ0v) is 11.7. The van der Waals surface area contributed by atoms with Crippen LogP contribution in [0.3, 0.4) is 0 Å². The van der Waals surface area contributed by atoms with Crippen molar-refractivity contribution in [3.05, 3.63) is 30.3 Å². The quantitative estimate of drug-likeness (QED) is 0.830.